The lowest BCUT2D eigenvalue weighted by atomic mass is 10.2. The molecule has 10 nitrogen and oxygen atoms in total. The first-order valence-electron chi connectivity index (χ1n) is 8.40. The second-order valence-corrected chi connectivity index (χ2v) is 9.54. The number of aromatic nitrogens is 4. The standard InChI is InChI=1S/C14H24N6O4S2/c1-4-19(7-12(21)15-11-5-6-26(23,24)9-11)13(22)8-25-14-16-17-18-20(14)10(2)3/h10-11H,4-9H2,1-3H3,(H,15,21). The molecule has 1 fully saturated rings. The van der Waals surface area contributed by atoms with Gasteiger partial charge in [-0.25, -0.2) is 13.1 Å². The smallest absolute Gasteiger partial charge is 0.239 e. The quantitative estimate of drug-likeness (QED) is 0.574. The van der Waals surface area contributed by atoms with Gasteiger partial charge in [0.2, 0.25) is 17.0 Å². The zero-order chi connectivity index (χ0) is 19.3. The van der Waals surface area contributed by atoms with E-state index in [0.29, 0.717) is 18.1 Å². The van der Waals surface area contributed by atoms with Crippen LogP contribution in [0, 0.1) is 0 Å². The second kappa shape index (κ2) is 8.80. The lowest BCUT2D eigenvalue weighted by Crippen LogP contribution is -2.45. The zero-order valence-corrected chi connectivity index (χ0v) is 16.7. The van der Waals surface area contributed by atoms with Crippen LogP contribution < -0.4 is 5.32 Å². The summed E-state index contributed by atoms with van der Waals surface area (Å²) in [4.78, 5) is 25.9. The van der Waals surface area contributed by atoms with Gasteiger partial charge < -0.3 is 10.2 Å². The fraction of sp³-hybridized carbons (Fsp3) is 0.786. The highest BCUT2D eigenvalue weighted by Crippen LogP contribution is 2.17. The molecule has 0 aromatic carbocycles. The monoisotopic (exact) mass is 404 g/mol. The van der Waals surface area contributed by atoms with Gasteiger partial charge in [0.1, 0.15) is 0 Å². The number of hydrogen-bond acceptors (Lipinski definition) is 8. The Morgan fingerprint density at radius 2 is 2.15 bits per heavy atom. The predicted octanol–water partition coefficient (Wildman–Crippen LogP) is -0.502. The van der Waals surface area contributed by atoms with Gasteiger partial charge in [-0.15, -0.1) is 5.10 Å². The maximum Gasteiger partial charge on any atom is 0.239 e. The molecule has 1 aromatic rings. The molecule has 0 spiro atoms. The van der Waals surface area contributed by atoms with Crippen molar-refractivity contribution in [1.29, 1.82) is 0 Å². The van der Waals surface area contributed by atoms with Crippen LogP contribution >= 0.6 is 11.8 Å². The Morgan fingerprint density at radius 3 is 2.73 bits per heavy atom. The number of carbonyl (C=O) groups is 2. The first-order chi connectivity index (χ1) is 12.2. The fourth-order valence-corrected chi connectivity index (χ4v) is 5.14. The van der Waals surface area contributed by atoms with E-state index in [4.69, 9.17) is 0 Å². The number of hydrogen-bond donors (Lipinski definition) is 1. The van der Waals surface area contributed by atoms with Crippen LogP contribution in [0.4, 0.5) is 0 Å². The lowest BCUT2D eigenvalue weighted by Gasteiger charge is -2.21. The Morgan fingerprint density at radius 1 is 1.42 bits per heavy atom. The van der Waals surface area contributed by atoms with Gasteiger partial charge in [-0.05, 0) is 37.6 Å². The second-order valence-electron chi connectivity index (χ2n) is 6.36. The molecule has 2 amide bonds. The summed E-state index contributed by atoms with van der Waals surface area (Å²) in [6, 6.07) is -0.287. The van der Waals surface area contributed by atoms with Crippen molar-refractivity contribution in [2.45, 2.75) is 44.4 Å². The molecule has 12 heteroatoms. The third-order valence-electron chi connectivity index (χ3n) is 3.94. The van der Waals surface area contributed by atoms with E-state index < -0.39 is 9.84 Å². The number of carbonyl (C=O) groups excluding carboxylic acids is 2. The van der Waals surface area contributed by atoms with Crippen LogP contribution in [0.25, 0.3) is 0 Å². The summed E-state index contributed by atoms with van der Waals surface area (Å²) in [6.07, 6.45) is 0.419. The number of thioether (sulfide) groups is 1. The number of rotatable bonds is 8. The van der Waals surface area contributed by atoms with E-state index in [1.807, 2.05) is 13.8 Å². The van der Waals surface area contributed by atoms with Crippen LogP contribution in [0.15, 0.2) is 5.16 Å². The Bertz CT molecular complexity index is 748. The molecule has 26 heavy (non-hydrogen) atoms. The third-order valence-corrected chi connectivity index (χ3v) is 6.63. The minimum atomic E-state index is -3.06. The molecule has 1 aliphatic heterocycles. The zero-order valence-electron chi connectivity index (χ0n) is 15.1. The molecule has 1 aliphatic rings. The molecule has 1 atom stereocenters. The highest BCUT2D eigenvalue weighted by atomic mass is 32.2. The van der Waals surface area contributed by atoms with E-state index >= 15 is 0 Å². The summed E-state index contributed by atoms with van der Waals surface area (Å²) in [5.41, 5.74) is 0. The highest BCUT2D eigenvalue weighted by Gasteiger charge is 2.29. The molecular weight excluding hydrogens is 380 g/mol. The van der Waals surface area contributed by atoms with Crippen molar-refractivity contribution in [2.24, 2.45) is 0 Å². The van der Waals surface area contributed by atoms with Crippen molar-refractivity contribution in [3.05, 3.63) is 0 Å². The Hall–Kier alpha value is -1.69. The molecule has 1 aromatic heterocycles. The van der Waals surface area contributed by atoms with Crippen LogP contribution in [0.5, 0.6) is 0 Å². The van der Waals surface area contributed by atoms with E-state index in [0.717, 1.165) is 0 Å². The van der Waals surface area contributed by atoms with Gasteiger partial charge in [-0.2, -0.15) is 0 Å². The summed E-state index contributed by atoms with van der Waals surface area (Å²) >= 11 is 1.22. The molecule has 0 radical (unpaired) electrons. The van der Waals surface area contributed by atoms with Crippen LogP contribution in [-0.2, 0) is 19.4 Å². The number of likely N-dealkylation sites (N-methyl/N-ethyl adjacent to an activating group) is 1. The normalized spacial score (nSPS) is 18.8. The highest BCUT2D eigenvalue weighted by molar-refractivity contribution is 7.99. The summed E-state index contributed by atoms with van der Waals surface area (Å²) in [5, 5.41) is 14.6. The van der Waals surface area contributed by atoms with Crippen LogP contribution in [0.1, 0.15) is 33.2 Å². The number of tetrazole rings is 1. The largest absolute Gasteiger partial charge is 0.351 e. The minimum Gasteiger partial charge on any atom is -0.351 e. The van der Waals surface area contributed by atoms with E-state index in [1.54, 1.807) is 11.6 Å². The molecule has 1 unspecified atom stereocenters. The van der Waals surface area contributed by atoms with E-state index in [9.17, 15) is 18.0 Å². The minimum absolute atomic E-state index is 0.0352. The maximum absolute atomic E-state index is 12.4. The number of nitrogens with zero attached hydrogens (tertiary/aromatic N) is 5. The first kappa shape index (κ1) is 20.6. The Balaban J connectivity index is 1.84. The molecule has 146 valence electrons. The average Bonchev–Trinajstić information content (AvgIpc) is 3.16. The third kappa shape index (κ3) is 5.66. The number of nitrogens with one attached hydrogen (secondary N) is 1. The van der Waals surface area contributed by atoms with Crippen molar-refractivity contribution in [3.63, 3.8) is 0 Å². The van der Waals surface area contributed by atoms with Crippen LogP contribution in [-0.4, -0.2) is 81.7 Å². The molecule has 2 rings (SSSR count). The van der Waals surface area contributed by atoms with Crippen LogP contribution in [0.3, 0.4) is 0 Å². The van der Waals surface area contributed by atoms with Gasteiger partial charge in [0.05, 0.1) is 29.8 Å². The van der Waals surface area contributed by atoms with Gasteiger partial charge in [-0.1, -0.05) is 11.8 Å². The number of sulfone groups is 1. The van der Waals surface area contributed by atoms with Gasteiger partial charge in [0, 0.05) is 12.6 Å². The lowest BCUT2D eigenvalue weighted by molar-refractivity contribution is -0.134. The maximum atomic E-state index is 12.4. The van der Waals surface area contributed by atoms with E-state index in [-0.39, 0.29) is 47.7 Å². The summed E-state index contributed by atoms with van der Waals surface area (Å²) in [5.74, 6) is -0.377. The molecule has 1 saturated heterocycles. The SMILES string of the molecule is CCN(CC(=O)NC1CCS(=O)(=O)C1)C(=O)CSc1nnnn1C(C)C. The molecule has 1 N–H and O–H groups in total. The molecular formula is C14H24N6O4S2. The van der Waals surface area contributed by atoms with Gasteiger partial charge >= 0.3 is 0 Å². The Kier molecular flexibility index (Phi) is 6.98. The summed E-state index contributed by atoms with van der Waals surface area (Å²) in [6.45, 7) is 5.95. The van der Waals surface area contributed by atoms with Crippen molar-refractivity contribution >= 4 is 33.4 Å². The van der Waals surface area contributed by atoms with Crippen molar-refractivity contribution in [2.75, 3.05) is 30.3 Å². The summed E-state index contributed by atoms with van der Waals surface area (Å²) < 4.78 is 24.5. The predicted molar refractivity (Wildman–Crippen MR) is 96.4 cm³/mol. The van der Waals surface area contributed by atoms with Crippen LogP contribution in [0.2, 0.25) is 0 Å². The van der Waals surface area contributed by atoms with Gasteiger partial charge in [0.15, 0.2) is 9.84 Å². The van der Waals surface area contributed by atoms with Crippen molar-refractivity contribution in [1.82, 2.24) is 30.4 Å². The summed E-state index contributed by atoms with van der Waals surface area (Å²) in [7, 11) is -3.06. The Labute approximate surface area is 157 Å². The molecule has 2 heterocycles. The average molecular weight is 405 g/mol. The van der Waals surface area contributed by atoms with E-state index in [1.165, 1.54) is 16.7 Å². The van der Waals surface area contributed by atoms with E-state index in [2.05, 4.69) is 20.8 Å². The fourth-order valence-electron chi connectivity index (χ4n) is 2.55. The van der Waals surface area contributed by atoms with Crippen molar-refractivity contribution in [3.8, 4) is 0 Å². The molecule has 0 saturated carbocycles. The van der Waals surface area contributed by atoms with Crippen molar-refractivity contribution < 1.29 is 18.0 Å². The molecule has 0 bridgehead atoms. The molecule has 0 aliphatic carbocycles. The topological polar surface area (TPSA) is 127 Å². The van der Waals surface area contributed by atoms with Gasteiger partial charge in [0.25, 0.3) is 0 Å². The van der Waals surface area contributed by atoms with Gasteiger partial charge in [-0.3, -0.25) is 9.59 Å². The first-order valence-corrected chi connectivity index (χ1v) is 11.2. The number of amides is 2.